The zero-order chi connectivity index (χ0) is 17.3. The van der Waals surface area contributed by atoms with Gasteiger partial charge in [0.15, 0.2) is 0 Å². The Morgan fingerprint density at radius 2 is 2.12 bits per heavy atom. The molecule has 1 aromatic heterocycles. The van der Waals surface area contributed by atoms with Crippen molar-refractivity contribution in [1.29, 1.82) is 0 Å². The number of nitrogens with zero attached hydrogens (tertiary/aromatic N) is 2. The normalized spacial score (nSPS) is 23.4. The molecule has 0 bridgehead atoms. The van der Waals surface area contributed by atoms with Gasteiger partial charge in [0.1, 0.15) is 5.75 Å². The summed E-state index contributed by atoms with van der Waals surface area (Å²) in [5.74, 6) is 0.893. The molecule has 25 heavy (non-hydrogen) atoms. The van der Waals surface area contributed by atoms with E-state index < -0.39 is 0 Å². The molecule has 1 atom stereocenters. The van der Waals surface area contributed by atoms with Gasteiger partial charge in [-0.25, -0.2) is 0 Å². The standard InChI is InChI=1S/C20H26N2O3/c1-2-24-18-5-6-19-15(11-18)3-4-16(21-19)13-22-9-7-20(8-10-22)12-17(23)14-25-20/h3-6,11,17,23H,2,7-10,12-14H2,1H3. The first-order valence-electron chi connectivity index (χ1n) is 9.23. The Kier molecular flexibility index (Phi) is 4.63. The van der Waals surface area contributed by atoms with E-state index in [2.05, 4.69) is 17.0 Å². The minimum Gasteiger partial charge on any atom is -0.494 e. The Hall–Kier alpha value is -1.69. The fourth-order valence-electron chi connectivity index (χ4n) is 4.01. The summed E-state index contributed by atoms with van der Waals surface area (Å²) in [6.07, 6.45) is 2.50. The van der Waals surface area contributed by atoms with Gasteiger partial charge in [-0.05, 0) is 44.0 Å². The Labute approximate surface area is 148 Å². The van der Waals surface area contributed by atoms with Crippen LogP contribution in [-0.2, 0) is 11.3 Å². The monoisotopic (exact) mass is 342 g/mol. The Morgan fingerprint density at radius 1 is 1.28 bits per heavy atom. The van der Waals surface area contributed by atoms with E-state index in [1.54, 1.807) is 0 Å². The zero-order valence-electron chi connectivity index (χ0n) is 14.8. The minimum absolute atomic E-state index is 0.0809. The Morgan fingerprint density at radius 3 is 2.84 bits per heavy atom. The summed E-state index contributed by atoms with van der Waals surface area (Å²) in [4.78, 5) is 7.24. The van der Waals surface area contributed by atoms with E-state index in [0.717, 1.165) is 61.2 Å². The molecule has 5 heteroatoms. The highest BCUT2D eigenvalue weighted by Crippen LogP contribution is 2.36. The molecular formula is C20H26N2O3. The van der Waals surface area contributed by atoms with Gasteiger partial charge >= 0.3 is 0 Å². The summed E-state index contributed by atoms with van der Waals surface area (Å²) < 4.78 is 11.4. The van der Waals surface area contributed by atoms with Crippen molar-refractivity contribution in [2.45, 2.75) is 44.4 Å². The molecule has 2 aliphatic heterocycles. The van der Waals surface area contributed by atoms with Crippen molar-refractivity contribution in [2.24, 2.45) is 0 Å². The second-order valence-corrected chi connectivity index (χ2v) is 7.22. The molecule has 3 heterocycles. The first-order valence-corrected chi connectivity index (χ1v) is 9.23. The molecule has 1 spiro atoms. The molecule has 0 saturated carbocycles. The summed E-state index contributed by atoms with van der Waals surface area (Å²) in [7, 11) is 0. The molecule has 2 fully saturated rings. The van der Waals surface area contributed by atoms with Crippen molar-refractivity contribution in [3.8, 4) is 5.75 Å². The summed E-state index contributed by atoms with van der Waals surface area (Å²) in [6.45, 7) is 6.02. The number of ether oxygens (including phenoxy) is 2. The molecule has 1 N–H and O–H groups in total. The molecule has 0 amide bonds. The van der Waals surface area contributed by atoms with Gasteiger partial charge in [-0.2, -0.15) is 0 Å². The number of piperidine rings is 1. The molecule has 2 aliphatic rings. The predicted octanol–water partition coefficient (Wildman–Crippen LogP) is 2.75. The van der Waals surface area contributed by atoms with Gasteiger partial charge in [0, 0.05) is 31.4 Å². The first kappa shape index (κ1) is 16.8. The summed E-state index contributed by atoms with van der Waals surface area (Å²) in [5.41, 5.74) is 2.03. The molecule has 2 saturated heterocycles. The highest BCUT2D eigenvalue weighted by molar-refractivity contribution is 5.80. The van der Waals surface area contributed by atoms with Crippen LogP contribution in [0.4, 0.5) is 0 Å². The second-order valence-electron chi connectivity index (χ2n) is 7.22. The molecule has 0 radical (unpaired) electrons. The van der Waals surface area contributed by atoms with Crippen molar-refractivity contribution in [3.63, 3.8) is 0 Å². The van der Waals surface area contributed by atoms with E-state index in [1.807, 2.05) is 25.1 Å². The number of pyridine rings is 1. The number of aliphatic hydroxyl groups is 1. The molecule has 4 rings (SSSR count). The summed E-state index contributed by atoms with van der Waals surface area (Å²) >= 11 is 0. The van der Waals surface area contributed by atoms with Crippen molar-refractivity contribution >= 4 is 10.9 Å². The van der Waals surface area contributed by atoms with Crippen molar-refractivity contribution < 1.29 is 14.6 Å². The zero-order valence-corrected chi connectivity index (χ0v) is 14.8. The Bertz CT molecular complexity index is 741. The minimum atomic E-state index is -0.282. The van der Waals surface area contributed by atoms with Crippen LogP contribution in [0.3, 0.4) is 0 Å². The molecule has 1 aromatic carbocycles. The van der Waals surface area contributed by atoms with Crippen molar-refractivity contribution in [3.05, 3.63) is 36.0 Å². The first-order chi connectivity index (χ1) is 12.2. The highest BCUT2D eigenvalue weighted by atomic mass is 16.5. The lowest BCUT2D eigenvalue weighted by atomic mass is 9.88. The van der Waals surface area contributed by atoms with Crippen LogP contribution in [0, 0.1) is 0 Å². The van der Waals surface area contributed by atoms with Crippen LogP contribution < -0.4 is 4.74 Å². The number of rotatable bonds is 4. The van der Waals surface area contributed by atoms with Crippen LogP contribution in [0.25, 0.3) is 10.9 Å². The third kappa shape index (κ3) is 3.64. The second kappa shape index (κ2) is 6.90. The quantitative estimate of drug-likeness (QED) is 0.926. The lowest BCUT2D eigenvalue weighted by molar-refractivity contribution is -0.0458. The van der Waals surface area contributed by atoms with Crippen LogP contribution in [0.5, 0.6) is 5.75 Å². The van der Waals surface area contributed by atoms with Gasteiger partial charge in [0.25, 0.3) is 0 Å². The largest absolute Gasteiger partial charge is 0.494 e. The van der Waals surface area contributed by atoms with E-state index in [4.69, 9.17) is 14.5 Å². The number of aromatic nitrogens is 1. The molecule has 1 unspecified atom stereocenters. The van der Waals surface area contributed by atoms with E-state index in [1.165, 1.54) is 0 Å². The number of hydrogen-bond donors (Lipinski definition) is 1. The van der Waals surface area contributed by atoms with E-state index in [0.29, 0.717) is 13.2 Å². The molecule has 5 nitrogen and oxygen atoms in total. The maximum Gasteiger partial charge on any atom is 0.120 e. The summed E-state index contributed by atoms with van der Waals surface area (Å²) in [5, 5.41) is 10.9. The van der Waals surface area contributed by atoms with Gasteiger partial charge in [-0.1, -0.05) is 6.07 Å². The molecule has 2 aromatic rings. The summed E-state index contributed by atoms with van der Waals surface area (Å²) in [6, 6.07) is 10.3. The van der Waals surface area contributed by atoms with Gasteiger partial charge < -0.3 is 14.6 Å². The van der Waals surface area contributed by atoms with E-state index in [9.17, 15) is 5.11 Å². The van der Waals surface area contributed by atoms with Crippen LogP contribution in [-0.4, -0.2) is 53.0 Å². The van der Waals surface area contributed by atoms with Crippen molar-refractivity contribution in [2.75, 3.05) is 26.3 Å². The number of hydrogen-bond acceptors (Lipinski definition) is 5. The van der Waals surface area contributed by atoms with E-state index >= 15 is 0 Å². The number of likely N-dealkylation sites (tertiary alicyclic amines) is 1. The molecule has 134 valence electrons. The van der Waals surface area contributed by atoms with E-state index in [-0.39, 0.29) is 11.7 Å². The third-order valence-corrected chi connectivity index (χ3v) is 5.37. The van der Waals surface area contributed by atoms with Crippen LogP contribution in [0.15, 0.2) is 30.3 Å². The smallest absolute Gasteiger partial charge is 0.120 e. The van der Waals surface area contributed by atoms with Crippen molar-refractivity contribution in [1.82, 2.24) is 9.88 Å². The topological polar surface area (TPSA) is 54.8 Å². The SMILES string of the molecule is CCOc1ccc2nc(CN3CCC4(CC3)CC(O)CO4)ccc2c1. The number of aliphatic hydroxyl groups excluding tert-OH is 1. The Balaban J connectivity index is 1.40. The highest BCUT2D eigenvalue weighted by Gasteiger charge is 2.42. The fourth-order valence-corrected chi connectivity index (χ4v) is 4.01. The average molecular weight is 342 g/mol. The van der Waals surface area contributed by atoms with Gasteiger partial charge in [0.2, 0.25) is 0 Å². The van der Waals surface area contributed by atoms with Crippen LogP contribution in [0.2, 0.25) is 0 Å². The maximum atomic E-state index is 9.74. The van der Waals surface area contributed by atoms with Gasteiger partial charge in [0.05, 0.1) is 36.1 Å². The van der Waals surface area contributed by atoms with Gasteiger partial charge in [-0.15, -0.1) is 0 Å². The average Bonchev–Trinajstić information content (AvgIpc) is 2.98. The number of fused-ring (bicyclic) bond motifs is 1. The third-order valence-electron chi connectivity index (χ3n) is 5.37. The molecule has 0 aliphatic carbocycles. The lowest BCUT2D eigenvalue weighted by Gasteiger charge is -2.38. The predicted molar refractivity (Wildman–Crippen MR) is 96.7 cm³/mol. The maximum absolute atomic E-state index is 9.74. The number of benzene rings is 1. The lowest BCUT2D eigenvalue weighted by Crippen LogP contribution is -2.43. The van der Waals surface area contributed by atoms with Crippen LogP contribution in [0.1, 0.15) is 31.9 Å². The molecular weight excluding hydrogens is 316 g/mol. The van der Waals surface area contributed by atoms with Crippen LogP contribution >= 0.6 is 0 Å². The fraction of sp³-hybridized carbons (Fsp3) is 0.550. The van der Waals surface area contributed by atoms with Gasteiger partial charge in [-0.3, -0.25) is 9.88 Å².